The molecule has 0 radical (unpaired) electrons. The molecule has 0 saturated carbocycles. The first-order valence-corrected chi connectivity index (χ1v) is 50.4. The van der Waals surface area contributed by atoms with E-state index in [2.05, 4.69) is 384 Å². The van der Waals surface area contributed by atoms with Crippen LogP contribution in [0.3, 0.4) is 0 Å². The fraction of sp³-hybridized carbons (Fsp3) is 0. The maximum absolute atomic E-state index is 6.57. The lowest BCUT2D eigenvalue weighted by atomic mass is 10.00. The van der Waals surface area contributed by atoms with Gasteiger partial charge in [-0.25, -0.2) is 29.9 Å². The number of benzene rings is 21. The van der Waals surface area contributed by atoms with Crippen LogP contribution in [-0.4, -0.2) is 43.6 Å². The molecule has 12 heterocycles. The summed E-state index contributed by atoms with van der Waals surface area (Å²) in [4.78, 5) is 32.4. The van der Waals surface area contributed by atoms with E-state index in [1.165, 1.54) is 136 Å². The number of fused-ring (bicyclic) bond motifs is 41. The summed E-state index contributed by atoms with van der Waals surface area (Å²) in [5, 5.41) is 29.8. The maximum Gasteiger partial charge on any atom is 0.236 e. The summed E-state index contributed by atoms with van der Waals surface area (Å²) in [5.41, 5.74) is 21.1. The van der Waals surface area contributed by atoms with Crippen LogP contribution in [0.5, 0.6) is 0 Å². The first-order valence-electron chi connectivity index (χ1n) is 47.9. The fourth-order valence-electron chi connectivity index (χ4n) is 22.8. The predicted molar refractivity (Wildman–Crippen MR) is 599 cm³/mol. The van der Waals surface area contributed by atoms with Crippen LogP contribution in [0, 0.1) is 0 Å². The van der Waals surface area contributed by atoms with Crippen molar-refractivity contribution in [2.45, 2.75) is 0 Å². The Morgan fingerprint density at radius 3 is 0.923 bits per heavy atom. The molecule has 0 saturated heterocycles. The van der Waals surface area contributed by atoms with Crippen molar-refractivity contribution in [1.82, 2.24) is 43.6 Å². The van der Waals surface area contributed by atoms with E-state index < -0.39 is 0 Å². The summed E-state index contributed by atoms with van der Waals surface area (Å²) >= 11 is 5.61. The summed E-state index contributed by atoms with van der Waals surface area (Å²) < 4.78 is 34.3. The number of nitrogens with zero attached hydrogens (tertiary/aromatic N) is 9. The largest absolute Gasteiger partial charge is 0.452 e. The summed E-state index contributed by atoms with van der Waals surface area (Å²) in [6.07, 6.45) is 0. The van der Waals surface area contributed by atoms with Gasteiger partial charge in [0.15, 0.2) is 16.7 Å². The van der Waals surface area contributed by atoms with Gasteiger partial charge in [0.1, 0.15) is 50.4 Å². The molecule has 33 aromatic rings. The van der Waals surface area contributed by atoms with Gasteiger partial charge < -0.3 is 13.3 Å². The molecule has 0 atom stereocenters. The van der Waals surface area contributed by atoms with Crippen molar-refractivity contribution in [2.75, 3.05) is 0 Å². The van der Waals surface area contributed by atoms with Gasteiger partial charge in [0.2, 0.25) is 17.8 Å². The van der Waals surface area contributed by atoms with Gasteiger partial charge in [0, 0.05) is 158 Å². The standard InChI is InChI=1S/C44H25N3OS.2C42H23N3OS/c1-2-12-26(13-3-1)27-22-24-28(25-23-27)39-42-40(32-17-7-10-20-35(32)48-42)46-44(45-39)47-34-19-9-6-16-31(34)37-38-33-18-8-11-21-36(33)49-43(38)30-15-5-4-14-29(30)41(37)47;1-2-14-25-24(12-1)13-11-20-26(25)37-40-38(30-18-6-9-22-33(30)46-40)44-42(43-37)45-32-21-8-5-17-29(32)35-36-31-19-7-10-23-34(31)47-41(36)28-16-4-3-15-27(28)39(35)45;1-2-12-25-23-26(22-21-24(25)11-1)37-40-38(30-16-6-9-19-33(30)46-40)44-42(43-37)45-32-18-8-5-15-29(32)35-36-31-17-7-10-20-34(31)47-41(36)28-14-4-3-13-27(28)39(35)45/h1-25H;2*1-23H. The molecule has 664 valence electrons. The van der Waals surface area contributed by atoms with Gasteiger partial charge in [-0.3, -0.25) is 13.7 Å². The van der Waals surface area contributed by atoms with Crippen LogP contribution >= 0.6 is 34.0 Å². The van der Waals surface area contributed by atoms with Gasteiger partial charge >= 0.3 is 0 Å². The molecule has 143 heavy (non-hydrogen) atoms. The molecule has 0 N–H and O–H groups in total. The number of hydrogen-bond donors (Lipinski definition) is 0. The van der Waals surface area contributed by atoms with Gasteiger partial charge in [-0.15, -0.1) is 34.0 Å². The molecule has 0 amide bonds. The quantitative estimate of drug-likeness (QED) is 0.153. The van der Waals surface area contributed by atoms with Crippen molar-refractivity contribution in [1.29, 1.82) is 0 Å². The number of thiophene rings is 3. The zero-order valence-corrected chi connectivity index (χ0v) is 78.4. The van der Waals surface area contributed by atoms with Crippen molar-refractivity contribution in [2.24, 2.45) is 0 Å². The fourth-order valence-corrected chi connectivity index (χ4v) is 26.6. The second-order valence-electron chi connectivity index (χ2n) is 36.7. The highest BCUT2D eigenvalue weighted by atomic mass is 32.1. The van der Waals surface area contributed by atoms with Crippen molar-refractivity contribution < 1.29 is 13.3 Å². The van der Waals surface area contributed by atoms with Crippen LogP contribution in [0.4, 0.5) is 0 Å². The molecule has 0 fully saturated rings. The van der Waals surface area contributed by atoms with E-state index in [9.17, 15) is 0 Å². The second kappa shape index (κ2) is 31.1. The Morgan fingerprint density at radius 1 is 0.189 bits per heavy atom. The first kappa shape index (κ1) is 79.7. The minimum Gasteiger partial charge on any atom is -0.452 e. The average Bonchev–Trinajstić information content (AvgIpc) is 1.54. The molecular weight excluding hydrogens is 1810 g/mol. The van der Waals surface area contributed by atoms with E-state index in [-0.39, 0.29) is 0 Å². The van der Waals surface area contributed by atoms with Crippen LogP contribution in [0.15, 0.2) is 444 Å². The highest BCUT2D eigenvalue weighted by molar-refractivity contribution is 7.28. The normalized spacial score (nSPS) is 12.2. The summed E-state index contributed by atoms with van der Waals surface area (Å²) in [6, 6.07) is 152. The van der Waals surface area contributed by atoms with E-state index >= 15 is 0 Å². The molecule has 0 aliphatic heterocycles. The third kappa shape index (κ3) is 11.9. The number of furan rings is 3. The highest BCUT2D eigenvalue weighted by Crippen LogP contribution is 2.54. The molecule has 21 aromatic carbocycles. The van der Waals surface area contributed by atoms with Gasteiger partial charge in [0.05, 0.1) is 33.1 Å². The zero-order valence-electron chi connectivity index (χ0n) is 76.0. The third-order valence-corrected chi connectivity index (χ3v) is 32.6. The Morgan fingerprint density at radius 2 is 0.490 bits per heavy atom. The van der Waals surface area contributed by atoms with Crippen LogP contribution < -0.4 is 0 Å². The van der Waals surface area contributed by atoms with Crippen molar-refractivity contribution in [3.63, 3.8) is 0 Å². The zero-order chi connectivity index (χ0) is 93.3. The molecule has 12 aromatic heterocycles. The van der Waals surface area contributed by atoms with Gasteiger partial charge in [0.25, 0.3) is 0 Å². The molecule has 15 heteroatoms. The maximum atomic E-state index is 6.57. The van der Waals surface area contributed by atoms with Crippen molar-refractivity contribution in [3.8, 4) is 62.7 Å². The lowest BCUT2D eigenvalue weighted by Crippen LogP contribution is -2.03. The van der Waals surface area contributed by atoms with E-state index in [4.69, 9.17) is 43.2 Å². The summed E-state index contributed by atoms with van der Waals surface area (Å²) in [5.74, 6) is 1.88. The molecule has 0 aliphatic rings. The van der Waals surface area contributed by atoms with Crippen LogP contribution in [-0.2, 0) is 0 Å². The lowest BCUT2D eigenvalue weighted by Gasteiger charge is -2.12. The summed E-state index contributed by atoms with van der Waals surface area (Å²) in [7, 11) is 0. The average molecular weight is 1880 g/mol. The number of aromatic nitrogens is 9. The predicted octanol–water partition coefficient (Wildman–Crippen LogP) is 36.0. The molecular formula is C128H71N9O3S3. The Kier molecular flexibility index (Phi) is 17.3. The van der Waals surface area contributed by atoms with Gasteiger partial charge in [-0.1, -0.05) is 352 Å². The molecule has 0 bridgehead atoms. The van der Waals surface area contributed by atoms with Crippen LogP contribution in [0.25, 0.3) is 309 Å². The topological polar surface area (TPSA) is 132 Å². The van der Waals surface area contributed by atoms with Crippen LogP contribution in [0.1, 0.15) is 0 Å². The second-order valence-corrected chi connectivity index (χ2v) is 39.9. The number of hydrogen-bond acceptors (Lipinski definition) is 12. The number of rotatable bonds is 7. The Balaban J connectivity index is 0.0000000981. The minimum absolute atomic E-state index is 0.622. The SMILES string of the molecule is c1ccc(-c2ccc(-c3nc(-n4c5ccccc5c5c6c7ccccc7sc6c6ccccc6c54)nc4c3oc3ccccc34)cc2)cc1.c1ccc2c(-c3nc(-n4c5ccccc5c5c6c7ccccc7sc6c6ccccc6c54)nc4c3oc3ccccc34)cccc2c1.c1ccc2cc(-c3nc(-n4c5ccccc5c5c6c7ccccc7sc6c6ccccc6c54)nc4c3oc3ccccc34)ccc2c1. The monoisotopic (exact) mass is 1880 g/mol. The number of para-hydroxylation sites is 6. The first-order chi connectivity index (χ1) is 71.0. The minimum atomic E-state index is 0.622. The van der Waals surface area contributed by atoms with Gasteiger partial charge in [-0.05, 0) is 112 Å². The van der Waals surface area contributed by atoms with E-state index in [0.29, 0.717) is 34.6 Å². The molecule has 0 aliphatic carbocycles. The summed E-state index contributed by atoms with van der Waals surface area (Å²) in [6.45, 7) is 0. The van der Waals surface area contributed by atoms with E-state index in [0.717, 1.165) is 138 Å². The third-order valence-electron chi connectivity index (χ3n) is 29.0. The smallest absolute Gasteiger partial charge is 0.236 e. The Hall–Kier alpha value is -18.4. The van der Waals surface area contributed by atoms with Crippen molar-refractivity contribution in [3.05, 3.63) is 431 Å². The van der Waals surface area contributed by atoms with Crippen LogP contribution in [0.2, 0.25) is 0 Å². The van der Waals surface area contributed by atoms with Gasteiger partial charge in [-0.2, -0.15) is 0 Å². The highest BCUT2D eigenvalue weighted by Gasteiger charge is 2.32. The van der Waals surface area contributed by atoms with E-state index in [1.807, 2.05) is 94.7 Å². The Bertz CT molecular complexity index is 11300. The lowest BCUT2D eigenvalue weighted by molar-refractivity contribution is 0.666. The van der Waals surface area contributed by atoms with Crippen molar-refractivity contribution >= 4 is 280 Å². The molecule has 0 unspecified atom stereocenters. The Labute approximate surface area is 824 Å². The molecule has 12 nitrogen and oxygen atoms in total. The molecule has 33 rings (SSSR count). The van der Waals surface area contributed by atoms with E-state index in [1.54, 1.807) is 0 Å². The molecule has 0 spiro atoms.